The fourth-order valence-electron chi connectivity index (χ4n) is 1.90. The van der Waals surface area contributed by atoms with Crippen LogP contribution in [0.1, 0.15) is 18.4 Å². The summed E-state index contributed by atoms with van der Waals surface area (Å²) >= 11 is 0. The van der Waals surface area contributed by atoms with E-state index in [9.17, 15) is 4.79 Å². The van der Waals surface area contributed by atoms with Gasteiger partial charge in [-0.1, -0.05) is 37.3 Å². The van der Waals surface area contributed by atoms with Gasteiger partial charge in [0.15, 0.2) is 0 Å². The highest BCUT2D eigenvalue weighted by Crippen LogP contribution is 2.21. The largest absolute Gasteiger partial charge is 0.447 e. The van der Waals surface area contributed by atoms with Crippen molar-refractivity contribution in [2.45, 2.75) is 19.0 Å². The van der Waals surface area contributed by atoms with Crippen molar-refractivity contribution in [2.24, 2.45) is 5.73 Å². The minimum absolute atomic E-state index is 0.104. The Bertz CT molecular complexity index is 367. The molecular weight excluding hydrogens is 204 g/mol. The predicted octanol–water partition coefficient (Wildman–Crippen LogP) is 1.53. The topological polar surface area (TPSA) is 55.6 Å². The second-order valence-corrected chi connectivity index (χ2v) is 4.00. The van der Waals surface area contributed by atoms with Crippen molar-refractivity contribution in [2.75, 3.05) is 13.2 Å². The molecule has 0 aliphatic carbocycles. The quantitative estimate of drug-likeness (QED) is 0.840. The van der Waals surface area contributed by atoms with Crippen LogP contribution in [0.3, 0.4) is 0 Å². The first-order valence-corrected chi connectivity index (χ1v) is 5.44. The number of cyclic esters (lactones) is 1. The zero-order chi connectivity index (χ0) is 11.5. The summed E-state index contributed by atoms with van der Waals surface area (Å²) in [5, 5.41) is 0. The second kappa shape index (κ2) is 4.53. The van der Waals surface area contributed by atoms with E-state index in [1.807, 2.05) is 37.3 Å². The summed E-state index contributed by atoms with van der Waals surface area (Å²) in [5.41, 5.74) is 7.20. The number of carbonyl (C=O) groups is 1. The normalized spacial score (nSPS) is 19.4. The van der Waals surface area contributed by atoms with Crippen LogP contribution in [0.2, 0.25) is 0 Å². The first-order chi connectivity index (χ1) is 7.70. The summed E-state index contributed by atoms with van der Waals surface area (Å²) in [6.45, 7) is 3.04. The van der Waals surface area contributed by atoms with Crippen LogP contribution in [-0.2, 0) is 4.74 Å². The molecule has 2 rings (SSSR count). The Hall–Kier alpha value is -1.55. The molecule has 4 nitrogen and oxygen atoms in total. The average Bonchev–Trinajstić information content (AvgIpc) is 2.75. The lowest BCUT2D eigenvalue weighted by molar-refractivity contribution is 0.144. The number of ether oxygens (including phenoxy) is 1. The average molecular weight is 220 g/mol. The van der Waals surface area contributed by atoms with Gasteiger partial charge in [0, 0.05) is 5.92 Å². The number of hydrogen-bond acceptors (Lipinski definition) is 3. The number of hydrogen-bond donors (Lipinski definition) is 1. The zero-order valence-corrected chi connectivity index (χ0v) is 9.30. The minimum Gasteiger partial charge on any atom is -0.447 e. The number of carbonyl (C=O) groups excluding carboxylic acids is 1. The summed E-state index contributed by atoms with van der Waals surface area (Å²) in [6, 6.07) is 9.95. The lowest BCUT2D eigenvalue weighted by Crippen LogP contribution is -2.45. The van der Waals surface area contributed by atoms with E-state index in [1.54, 1.807) is 4.90 Å². The Balaban J connectivity index is 2.10. The van der Waals surface area contributed by atoms with E-state index in [4.69, 9.17) is 10.5 Å². The first-order valence-electron chi connectivity index (χ1n) is 5.44. The number of rotatable bonds is 3. The van der Waals surface area contributed by atoms with Crippen LogP contribution < -0.4 is 5.73 Å². The Kier molecular flexibility index (Phi) is 3.10. The summed E-state index contributed by atoms with van der Waals surface area (Å²) in [5.74, 6) is 0.104. The van der Waals surface area contributed by atoms with E-state index in [-0.39, 0.29) is 18.2 Å². The Morgan fingerprint density at radius 3 is 2.62 bits per heavy atom. The summed E-state index contributed by atoms with van der Waals surface area (Å²) in [6.07, 6.45) is -0.632. The molecule has 1 unspecified atom stereocenters. The van der Waals surface area contributed by atoms with Crippen molar-refractivity contribution in [3.63, 3.8) is 0 Å². The lowest BCUT2D eigenvalue weighted by atomic mass is 9.98. The molecule has 1 amide bonds. The molecule has 86 valence electrons. The van der Waals surface area contributed by atoms with Gasteiger partial charge in [0.25, 0.3) is 0 Å². The molecule has 0 aromatic heterocycles. The van der Waals surface area contributed by atoms with Crippen molar-refractivity contribution in [1.82, 2.24) is 4.90 Å². The molecule has 0 saturated carbocycles. The van der Waals surface area contributed by atoms with Crippen molar-refractivity contribution in [3.05, 3.63) is 35.9 Å². The fourth-order valence-corrected chi connectivity index (χ4v) is 1.90. The van der Waals surface area contributed by atoms with E-state index in [0.717, 1.165) is 5.56 Å². The lowest BCUT2D eigenvalue weighted by Gasteiger charge is -2.27. The molecular formula is C12H16N2O2. The van der Waals surface area contributed by atoms with Gasteiger partial charge in [-0.15, -0.1) is 0 Å². The Morgan fingerprint density at radius 2 is 2.06 bits per heavy atom. The van der Waals surface area contributed by atoms with Gasteiger partial charge < -0.3 is 10.5 Å². The fraction of sp³-hybridized carbons (Fsp3) is 0.417. The maximum atomic E-state index is 11.4. The van der Waals surface area contributed by atoms with Gasteiger partial charge in [-0.2, -0.15) is 0 Å². The number of amides is 1. The molecule has 1 fully saturated rings. The number of nitrogens with two attached hydrogens (primary N) is 1. The highest BCUT2D eigenvalue weighted by atomic mass is 16.6. The van der Waals surface area contributed by atoms with Crippen molar-refractivity contribution in [1.29, 1.82) is 0 Å². The van der Waals surface area contributed by atoms with Crippen molar-refractivity contribution in [3.8, 4) is 0 Å². The summed E-state index contributed by atoms with van der Waals surface area (Å²) < 4.78 is 4.88. The smallest absolute Gasteiger partial charge is 0.411 e. The molecule has 1 aliphatic rings. The molecule has 0 bridgehead atoms. The third kappa shape index (κ3) is 2.02. The number of benzene rings is 1. The molecule has 4 heteroatoms. The zero-order valence-electron chi connectivity index (χ0n) is 9.30. The third-order valence-electron chi connectivity index (χ3n) is 2.99. The molecule has 0 spiro atoms. The van der Waals surface area contributed by atoms with E-state index >= 15 is 0 Å². The molecule has 1 saturated heterocycles. The maximum absolute atomic E-state index is 11.4. The molecule has 2 atom stereocenters. The maximum Gasteiger partial charge on any atom is 0.411 e. The summed E-state index contributed by atoms with van der Waals surface area (Å²) in [7, 11) is 0. The Morgan fingerprint density at radius 1 is 1.38 bits per heavy atom. The van der Waals surface area contributed by atoms with E-state index < -0.39 is 0 Å². The van der Waals surface area contributed by atoms with E-state index in [2.05, 4.69) is 0 Å². The monoisotopic (exact) mass is 220 g/mol. The van der Waals surface area contributed by atoms with Gasteiger partial charge in [-0.25, -0.2) is 4.79 Å². The van der Waals surface area contributed by atoms with Gasteiger partial charge in [0.2, 0.25) is 0 Å². The highest BCUT2D eigenvalue weighted by Gasteiger charge is 2.30. The standard InChI is InChI=1S/C12H16N2O2/c1-9(10-5-3-2-4-6-10)11(13)14-7-8-16-12(14)15/h2-6,9,11H,7-8,13H2,1H3/t9-,11?/m0/s1. The second-order valence-electron chi connectivity index (χ2n) is 4.00. The van der Waals surface area contributed by atoms with Crippen LogP contribution in [-0.4, -0.2) is 30.3 Å². The van der Waals surface area contributed by atoms with Crippen LogP contribution >= 0.6 is 0 Å². The van der Waals surface area contributed by atoms with Crippen molar-refractivity contribution >= 4 is 6.09 Å². The van der Waals surface area contributed by atoms with Crippen LogP contribution in [0, 0.1) is 0 Å². The molecule has 1 aromatic rings. The number of nitrogens with zero attached hydrogens (tertiary/aromatic N) is 1. The van der Waals surface area contributed by atoms with Gasteiger partial charge in [0.05, 0.1) is 12.7 Å². The van der Waals surface area contributed by atoms with Crippen LogP contribution in [0.25, 0.3) is 0 Å². The van der Waals surface area contributed by atoms with Gasteiger partial charge in [0.1, 0.15) is 6.61 Å². The van der Waals surface area contributed by atoms with Gasteiger partial charge >= 0.3 is 6.09 Å². The first kappa shape index (κ1) is 11.0. The Labute approximate surface area is 95.0 Å². The van der Waals surface area contributed by atoms with Crippen LogP contribution in [0.4, 0.5) is 4.79 Å². The molecule has 16 heavy (non-hydrogen) atoms. The van der Waals surface area contributed by atoms with Gasteiger partial charge in [-0.3, -0.25) is 4.90 Å². The van der Waals surface area contributed by atoms with Gasteiger partial charge in [-0.05, 0) is 5.56 Å². The highest BCUT2D eigenvalue weighted by molar-refractivity contribution is 5.69. The third-order valence-corrected chi connectivity index (χ3v) is 2.99. The summed E-state index contributed by atoms with van der Waals surface area (Å²) in [4.78, 5) is 13.0. The minimum atomic E-state index is -0.322. The van der Waals surface area contributed by atoms with E-state index in [0.29, 0.717) is 13.2 Å². The molecule has 1 aliphatic heterocycles. The molecule has 2 N–H and O–H groups in total. The molecule has 0 radical (unpaired) electrons. The predicted molar refractivity (Wildman–Crippen MR) is 60.9 cm³/mol. The molecule has 1 heterocycles. The SMILES string of the molecule is C[C@@H](c1ccccc1)C(N)N1CCOC1=O. The van der Waals surface area contributed by atoms with E-state index in [1.165, 1.54) is 0 Å². The van der Waals surface area contributed by atoms with Crippen LogP contribution in [0.15, 0.2) is 30.3 Å². The van der Waals surface area contributed by atoms with Crippen molar-refractivity contribution < 1.29 is 9.53 Å². The van der Waals surface area contributed by atoms with Crippen LogP contribution in [0.5, 0.6) is 0 Å². The molecule has 1 aromatic carbocycles.